The third-order valence-corrected chi connectivity index (χ3v) is 6.26. The molecule has 0 aliphatic carbocycles. The van der Waals surface area contributed by atoms with Gasteiger partial charge in [-0.25, -0.2) is 13.9 Å². The largest absolute Gasteiger partial charge is 0.481 e. The summed E-state index contributed by atoms with van der Waals surface area (Å²) in [5.41, 5.74) is -0.0715. The summed E-state index contributed by atoms with van der Waals surface area (Å²) in [6, 6.07) is 0. The van der Waals surface area contributed by atoms with E-state index in [0.29, 0.717) is 0 Å². The summed E-state index contributed by atoms with van der Waals surface area (Å²) >= 11 is 0. The average molecular weight is 431 g/mol. The molecule has 0 saturated carbocycles. The highest BCUT2D eigenvalue weighted by Gasteiger charge is 2.46. The van der Waals surface area contributed by atoms with Crippen molar-refractivity contribution < 1.29 is 57.1 Å². The number of ether oxygens (including phenoxy) is 1. The van der Waals surface area contributed by atoms with Crippen molar-refractivity contribution in [3.8, 4) is 0 Å². The third-order valence-electron chi connectivity index (χ3n) is 3.67. The van der Waals surface area contributed by atoms with Crippen molar-refractivity contribution in [2.24, 2.45) is 0 Å². The van der Waals surface area contributed by atoms with Crippen molar-refractivity contribution in [3.05, 3.63) is 23.9 Å². The summed E-state index contributed by atoms with van der Waals surface area (Å²) in [6.45, 7) is -0.590. The van der Waals surface area contributed by atoms with E-state index in [1.54, 1.807) is 0 Å². The van der Waals surface area contributed by atoms with Crippen molar-refractivity contribution in [3.63, 3.8) is 0 Å². The van der Waals surface area contributed by atoms with Crippen LogP contribution >= 0.6 is 15.6 Å². The smallest absolute Gasteiger partial charge is 0.478 e. The topological polar surface area (TPSA) is 193 Å². The number of hydrogen-bond donors (Lipinski definition) is 5. The van der Waals surface area contributed by atoms with Crippen LogP contribution in [0, 0.1) is 0 Å². The molecule has 0 aromatic heterocycles. The molecule has 2 heterocycles. The maximum Gasteiger partial charge on any atom is 0.481 e. The number of carboxylic acids is 1. The standard InChI is InChI=1S/C12H19NO12P2/c1-22-26(18,19)25-27(20,21)23-6-8-9(14)10(15)11(24-8)13-4-2-3-7(5-13)12(16)17/h2-3,5,8-11,14-15H,4,6H2,1H3,(H,16,17)(H,18,19)(H,20,21)/t8?,9-,10-,11?/m1/s1. The van der Waals surface area contributed by atoms with Gasteiger partial charge in [0.05, 0.1) is 12.2 Å². The molecule has 27 heavy (non-hydrogen) atoms. The van der Waals surface area contributed by atoms with Gasteiger partial charge in [-0.05, 0) is 6.08 Å². The van der Waals surface area contributed by atoms with Crippen LogP contribution in [0.4, 0.5) is 0 Å². The molecule has 0 aromatic rings. The second kappa shape index (κ2) is 8.50. The normalized spacial score (nSPS) is 32.6. The van der Waals surface area contributed by atoms with E-state index in [2.05, 4.69) is 13.4 Å². The fourth-order valence-electron chi connectivity index (χ4n) is 2.38. The van der Waals surface area contributed by atoms with Gasteiger partial charge in [0, 0.05) is 19.9 Å². The van der Waals surface area contributed by atoms with Crippen LogP contribution in [0.3, 0.4) is 0 Å². The van der Waals surface area contributed by atoms with Crippen LogP contribution in [0.2, 0.25) is 0 Å². The van der Waals surface area contributed by atoms with E-state index < -0.39 is 52.8 Å². The molecular formula is C12H19NO12P2. The number of nitrogens with zero attached hydrogens (tertiary/aromatic N) is 1. The van der Waals surface area contributed by atoms with Crippen molar-refractivity contribution >= 4 is 21.6 Å². The maximum atomic E-state index is 11.6. The van der Waals surface area contributed by atoms with Gasteiger partial charge >= 0.3 is 21.6 Å². The van der Waals surface area contributed by atoms with Crippen molar-refractivity contribution in [1.29, 1.82) is 0 Å². The van der Waals surface area contributed by atoms with E-state index in [9.17, 15) is 29.0 Å². The molecule has 2 aliphatic rings. The van der Waals surface area contributed by atoms with E-state index in [1.807, 2.05) is 0 Å². The fraction of sp³-hybridized carbons (Fsp3) is 0.583. The first-order valence-corrected chi connectivity index (χ1v) is 10.4. The molecular weight excluding hydrogens is 412 g/mol. The Bertz CT molecular complexity index is 723. The molecule has 5 N–H and O–H groups in total. The van der Waals surface area contributed by atoms with Gasteiger partial charge in [0.1, 0.15) is 18.3 Å². The molecule has 2 rings (SSSR count). The molecule has 4 unspecified atom stereocenters. The first-order valence-electron chi connectivity index (χ1n) is 7.42. The highest BCUT2D eigenvalue weighted by molar-refractivity contribution is 7.61. The number of phosphoric acid groups is 2. The van der Waals surface area contributed by atoms with Gasteiger partial charge in [-0.15, -0.1) is 0 Å². The highest BCUT2D eigenvalue weighted by atomic mass is 31.3. The molecule has 0 bridgehead atoms. The summed E-state index contributed by atoms with van der Waals surface area (Å²) in [4.78, 5) is 30.8. The number of aliphatic hydroxyl groups excluding tert-OH is 2. The molecule has 0 spiro atoms. The lowest BCUT2D eigenvalue weighted by Crippen LogP contribution is -2.42. The molecule has 1 fully saturated rings. The van der Waals surface area contributed by atoms with Gasteiger partial charge in [-0.2, -0.15) is 4.31 Å². The first-order chi connectivity index (χ1) is 12.5. The van der Waals surface area contributed by atoms with E-state index >= 15 is 0 Å². The summed E-state index contributed by atoms with van der Waals surface area (Å²) in [5.74, 6) is -1.20. The predicted octanol–water partition coefficient (Wildman–Crippen LogP) is -0.846. The van der Waals surface area contributed by atoms with Crippen LogP contribution in [0.1, 0.15) is 0 Å². The van der Waals surface area contributed by atoms with Gasteiger partial charge in [-0.3, -0.25) is 9.05 Å². The number of aliphatic carboxylic acids is 1. The molecule has 1 saturated heterocycles. The van der Waals surface area contributed by atoms with Gasteiger partial charge in [0.2, 0.25) is 0 Å². The zero-order valence-electron chi connectivity index (χ0n) is 13.9. The fourth-order valence-corrected chi connectivity index (χ4v) is 4.21. The minimum absolute atomic E-state index is 0.0715. The molecule has 2 aliphatic heterocycles. The quantitative estimate of drug-likeness (QED) is 0.299. The van der Waals surface area contributed by atoms with Crippen LogP contribution in [-0.2, 0) is 32.0 Å². The van der Waals surface area contributed by atoms with Gasteiger partial charge in [0.15, 0.2) is 6.23 Å². The number of carboxylic acid groups (broad SMARTS) is 1. The number of rotatable bonds is 8. The lowest BCUT2D eigenvalue weighted by atomic mass is 10.1. The zero-order valence-corrected chi connectivity index (χ0v) is 15.7. The Hall–Kier alpha value is -1.11. The minimum atomic E-state index is -5.03. The van der Waals surface area contributed by atoms with E-state index in [4.69, 9.17) is 14.7 Å². The van der Waals surface area contributed by atoms with Crippen molar-refractivity contribution in [1.82, 2.24) is 4.90 Å². The minimum Gasteiger partial charge on any atom is -0.478 e. The van der Waals surface area contributed by atoms with Crippen LogP contribution < -0.4 is 0 Å². The van der Waals surface area contributed by atoms with Crippen LogP contribution in [0.15, 0.2) is 23.9 Å². The second-order valence-electron chi connectivity index (χ2n) is 5.53. The lowest BCUT2D eigenvalue weighted by molar-refractivity contribution is -0.132. The monoisotopic (exact) mass is 431 g/mol. The zero-order chi connectivity index (χ0) is 20.4. The van der Waals surface area contributed by atoms with Gasteiger partial charge in [0.25, 0.3) is 0 Å². The SMILES string of the molecule is COP(=O)(O)OP(=O)(O)OCC1OC(N2C=C(C(=O)O)C=CC2)[C@H](O)[C@@H]1O. The summed E-state index contributed by atoms with van der Waals surface area (Å²) in [7, 11) is -9.06. The van der Waals surface area contributed by atoms with Crippen molar-refractivity contribution in [2.75, 3.05) is 20.3 Å². The second-order valence-corrected chi connectivity index (χ2v) is 8.68. The van der Waals surface area contributed by atoms with Crippen LogP contribution in [-0.4, -0.2) is 80.8 Å². The number of hydrogen-bond acceptors (Lipinski definition) is 10. The third kappa shape index (κ3) is 5.69. The Morgan fingerprint density at radius 1 is 1.30 bits per heavy atom. The molecule has 6 atom stereocenters. The average Bonchev–Trinajstić information content (AvgIpc) is 2.87. The summed E-state index contributed by atoms with van der Waals surface area (Å²) in [5, 5.41) is 29.2. The predicted molar refractivity (Wildman–Crippen MR) is 85.9 cm³/mol. The molecule has 13 nitrogen and oxygen atoms in total. The Kier molecular flexibility index (Phi) is 6.98. The molecule has 15 heteroatoms. The maximum absolute atomic E-state index is 11.6. The Morgan fingerprint density at radius 2 is 1.96 bits per heavy atom. The summed E-state index contributed by atoms with van der Waals surface area (Å²) in [6.07, 6.45) is -1.41. The molecule has 154 valence electrons. The van der Waals surface area contributed by atoms with E-state index in [-0.39, 0.29) is 12.1 Å². The van der Waals surface area contributed by atoms with Gasteiger partial charge in [-0.1, -0.05) is 6.08 Å². The first kappa shape index (κ1) is 22.2. The summed E-state index contributed by atoms with van der Waals surface area (Å²) < 4.78 is 40.7. The van der Waals surface area contributed by atoms with Crippen molar-refractivity contribution in [2.45, 2.75) is 24.5 Å². The number of aliphatic hydroxyl groups is 2. The van der Waals surface area contributed by atoms with Gasteiger partial charge < -0.3 is 34.7 Å². The van der Waals surface area contributed by atoms with Crippen LogP contribution in [0.5, 0.6) is 0 Å². The molecule has 0 aromatic carbocycles. The van der Waals surface area contributed by atoms with E-state index in [0.717, 1.165) is 7.11 Å². The Balaban J connectivity index is 2.01. The number of carbonyl (C=O) groups is 1. The van der Waals surface area contributed by atoms with Crippen LogP contribution in [0.25, 0.3) is 0 Å². The lowest BCUT2D eigenvalue weighted by Gasteiger charge is -2.30. The molecule has 0 amide bonds. The Labute approximate surface area is 153 Å². The van der Waals surface area contributed by atoms with E-state index in [1.165, 1.54) is 23.3 Å². The molecule has 0 radical (unpaired) electrons. The Morgan fingerprint density at radius 3 is 2.56 bits per heavy atom. The number of phosphoric ester groups is 2. The highest BCUT2D eigenvalue weighted by Crippen LogP contribution is 2.60.